The summed E-state index contributed by atoms with van der Waals surface area (Å²) in [7, 11) is -2.08. The van der Waals surface area contributed by atoms with E-state index >= 15 is 0 Å². The van der Waals surface area contributed by atoms with Crippen molar-refractivity contribution in [2.45, 2.75) is 17.7 Å². The second kappa shape index (κ2) is 8.01. The topological polar surface area (TPSA) is 71.7 Å². The largest absolute Gasteiger partial charge is 0.319 e. The van der Waals surface area contributed by atoms with Crippen LogP contribution in [0.2, 0.25) is 0 Å². The Labute approximate surface area is 176 Å². The van der Waals surface area contributed by atoms with Gasteiger partial charge < -0.3 is 4.57 Å². The number of hydrogen-bond donors (Lipinski definition) is 0. The lowest BCUT2D eigenvalue weighted by molar-refractivity contribution is -0.122. The highest BCUT2D eigenvalue weighted by atomic mass is 32.2. The van der Waals surface area contributed by atoms with Crippen LogP contribution in [0, 0.1) is 17.6 Å². The molecule has 1 amide bonds. The van der Waals surface area contributed by atoms with Crippen LogP contribution >= 0.6 is 11.3 Å². The van der Waals surface area contributed by atoms with Crippen molar-refractivity contribution in [3.63, 3.8) is 0 Å². The fraction of sp³-hybridized carbons (Fsp3) is 0.300. The molecule has 30 heavy (non-hydrogen) atoms. The summed E-state index contributed by atoms with van der Waals surface area (Å²) in [5, 5.41) is 0. The second-order valence-electron chi connectivity index (χ2n) is 7.16. The van der Waals surface area contributed by atoms with Gasteiger partial charge in [0, 0.05) is 20.1 Å². The molecule has 1 saturated heterocycles. The minimum atomic E-state index is -3.82. The molecule has 1 fully saturated rings. The van der Waals surface area contributed by atoms with Crippen LogP contribution in [-0.2, 0) is 21.9 Å². The average molecular weight is 452 g/mol. The Kier molecular flexibility index (Phi) is 5.56. The molecule has 0 bridgehead atoms. The van der Waals surface area contributed by atoms with Gasteiger partial charge in [0.05, 0.1) is 21.0 Å². The number of sulfonamides is 1. The molecule has 2 heterocycles. The van der Waals surface area contributed by atoms with Crippen molar-refractivity contribution in [1.82, 2.24) is 8.87 Å². The Morgan fingerprint density at radius 2 is 1.83 bits per heavy atom. The van der Waals surface area contributed by atoms with E-state index in [9.17, 15) is 22.0 Å². The van der Waals surface area contributed by atoms with Crippen LogP contribution in [0.3, 0.4) is 0 Å². The first-order valence-electron chi connectivity index (χ1n) is 9.35. The predicted octanol–water partition coefficient (Wildman–Crippen LogP) is 3.05. The molecule has 0 saturated carbocycles. The third-order valence-electron chi connectivity index (χ3n) is 5.16. The number of benzene rings is 2. The molecule has 0 radical (unpaired) electrons. The van der Waals surface area contributed by atoms with E-state index in [4.69, 9.17) is 0 Å². The van der Waals surface area contributed by atoms with Crippen LogP contribution in [0.4, 0.5) is 8.78 Å². The van der Waals surface area contributed by atoms with Gasteiger partial charge in [-0.05, 0) is 55.3 Å². The van der Waals surface area contributed by atoms with Gasteiger partial charge in [0.15, 0.2) is 4.80 Å². The van der Waals surface area contributed by atoms with E-state index in [1.807, 2.05) is 0 Å². The lowest BCUT2D eigenvalue weighted by Gasteiger charge is -2.30. The third kappa shape index (κ3) is 3.94. The lowest BCUT2D eigenvalue weighted by Crippen LogP contribution is -2.42. The number of nitrogens with zero attached hydrogens (tertiary/aromatic N) is 3. The predicted molar refractivity (Wildman–Crippen MR) is 109 cm³/mol. The van der Waals surface area contributed by atoms with E-state index in [-0.39, 0.29) is 17.3 Å². The van der Waals surface area contributed by atoms with Crippen molar-refractivity contribution in [3.05, 3.63) is 58.9 Å². The molecular formula is C20H19F2N3O3S2. The molecule has 1 unspecified atom stereocenters. The number of carbonyl (C=O) groups is 1. The Morgan fingerprint density at radius 1 is 1.13 bits per heavy atom. The molecule has 4 rings (SSSR count). The molecule has 1 aliphatic heterocycles. The SMILES string of the molecule is Cn1c(=NC(=O)C2CCCN(S(=O)(=O)c3ccc(F)cc3)C2)sc2cc(F)ccc21. The van der Waals surface area contributed by atoms with Crippen molar-refractivity contribution in [3.8, 4) is 0 Å². The molecule has 0 spiro atoms. The van der Waals surface area contributed by atoms with Gasteiger partial charge in [0.2, 0.25) is 10.0 Å². The Morgan fingerprint density at radius 3 is 2.57 bits per heavy atom. The summed E-state index contributed by atoms with van der Waals surface area (Å²) in [6, 6.07) is 9.00. The van der Waals surface area contributed by atoms with Crippen molar-refractivity contribution in [2.24, 2.45) is 18.0 Å². The van der Waals surface area contributed by atoms with E-state index in [1.165, 1.54) is 39.9 Å². The van der Waals surface area contributed by atoms with E-state index in [1.54, 1.807) is 17.7 Å². The Bertz CT molecular complexity index is 1280. The molecular weight excluding hydrogens is 432 g/mol. The molecule has 3 aromatic rings. The first kappa shape index (κ1) is 20.8. The van der Waals surface area contributed by atoms with Gasteiger partial charge in [0.25, 0.3) is 5.91 Å². The number of halogens is 2. The molecule has 2 aromatic carbocycles. The van der Waals surface area contributed by atoms with E-state index in [0.717, 1.165) is 17.6 Å². The van der Waals surface area contributed by atoms with Crippen LogP contribution in [0.25, 0.3) is 10.2 Å². The number of aryl methyl sites for hydroxylation is 1. The standard InChI is InChI=1S/C20H19F2N3O3S2/c1-24-17-9-6-15(22)11-18(17)29-20(24)23-19(26)13-3-2-10-25(12-13)30(27,28)16-7-4-14(21)5-8-16/h4-9,11,13H,2-3,10,12H2,1H3. The zero-order valence-electron chi connectivity index (χ0n) is 16.1. The highest BCUT2D eigenvalue weighted by molar-refractivity contribution is 7.89. The second-order valence-corrected chi connectivity index (χ2v) is 10.1. The number of carbonyl (C=O) groups excluding carboxylic acids is 1. The van der Waals surface area contributed by atoms with Gasteiger partial charge >= 0.3 is 0 Å². The third-order valence-corrected chi connectivity index (χ3v) is 8.14. The Balaban J connectivity index is 1.59. The van der Waals surface area contributed by atoms with Gasteiger partial charge in [0.1, 0.15) is 11.6 Å². The van der Waals surface area contributed by atoms with Crippen molar-refractivity contribution in [1.29, 1.82) is 0 Å². The van der Waals surface area contributed by atoms with Crippen molar-refractivity contribution >= 4 is 37.5 Å². The number of thiazole rings is 1. The van der Waals surface area contributed by atoms with Gasteiger partial charge in [-0.1, -0.05) is 11.3 Å². The summed E-state index contributed by atoms with van der Waals surface area (Å²) in [5.41, 5.74) is 0.761. The molecule has 6 nitrogen and oxygen atoms in total. The summed E-state index contributed by atoms with van der Waals surface area (Å²) in [4.78, 5) is 17.4. The van der Waals surface area contributed by atoms with Gasteiger partial charge in [-0.15, -0.1) is 0 Å². The van der Waals surface area contributed by atoms with Gasteiger partial charge in [-0.25, -0.2) is 17.2 Å². The minimum Gasteiger partial charge on any atom is -0.319 e. The maximum Gasteiger partial charge on any atom is 0.252 e. The average Bonchev–Trinajstić information content (AvgIpc) is 3.03. The number of piperidine rings is 1. The highest BCUT2D eigenvalue weighted by Crippen LogP contribution is 2.25. The number of hydrogen-bond acceptors (Lipinski definition) is 4. The summed E-state index contributed by atoms with van der Waals surface area (Å²) in [5.74, 6) is -1.86. The molecule has 0 N–H and O–H groups in total. The van der Waals surface area contributed by atoms with Crippen LogP contribution in [-0.4, -0.2) is 36.3 Å². The molecule has 158 valence electrons. The van der Waals surface area contributed by atoms with E-state index in [2.05, 4.69) is 4.99 Å². The highest BCUT2D eigenvalue weighted by Gasteiger charge is 2.33. The van der Waals surface area contributed by atoms with Crippen LogP contribution in [0.5, 0.6) is 0 Å². The first-order chi connectivity index (χ1) is 14.3. The molecule has 10 heteroatoms. The monoisotopic (exact) mass is 451 g/mol. The van der Waals surface area contributed by atoms with Crippen molar-refractivity contribution in [2.75, 3.05) is 13.1 Å². The quantitative estimate of drug-likeness (QED) is 0.615. The van der Waals surface area contributed by atoms with Crippen molar-refractivity contribution < 1.29 is 22.0 Å². The number of fused-ring (bicyclic) bond motifs is 1. The smallest absolute Gasteiger partial charge is 0.252 e. The first-order valence-corrected chi connectivity index (χ1v) is 11.6. The molecule has 1 atom stereocenters. The fourth-order valence-corrected chi connectivity index (χ4v) is 6.09. The maximum atomic E-state index is 13.5. The van der Waals surface area contributed by atoms with Crippen LogP contribution < -0.4 is 4.80 Å². The van der Waals surface area contributed by atoms with Gasteiger partial charge in [-0.3, -0.25) is 4.79 Å². The summed E-state index contributed by atoms with van der Waals surface area (Å²) < 4.78 is 55.9. The number of amides is 1. The normalized spacial score (nSPS) is 18.8. The van der Waals surface area contributed by atoms with E-state index < -0.39 is 27.7 Å². The maximum absolute atomic E-state index is 13.5. The van der Waals surface area contributed by atoms with Crippen LogP contribution in [0.1, 0.15) is 12.8 Å². The zero-order valence-corrected chi connectivity index (χ0v) is 17.7. The van der Waals surface area contributed by atoms with Crippen LogP contribution in [0.15, 0.2) is 52.4 Å². The summed E-state index contributed by atoms with van der Waals surface area (Å²) in [6.45, 7) is 0.310. The van der Waals surface area contributed by atoms with Gasteiger partial charge in [-0.2, -0.15) is 9.30 Å². The molecule has 0 aliphatic carbocycles. The fourth-order valence-electron chi connectivity index (χ4n) is 3.52. The summed E-state index contributed by atoms with van der Waals surface area (Å²) in [6.07, 6.45) is 1.05. The molecule has 1 aromatic heterocycles. The Hall–Kier alpha value is -2.43. The lowest BCUT2D eigenvalue weighted by atomic mass is 9.99. The summed E-state index contributed by atoms with van der Waals surface area (Å²) >= 11 is 1.20. The number of rotatable bonds is 3. The zero-order chi connectivity index (χ0) is 21.5. The molecule has 1 aliphatic rings. The minimum absolute atomic E-state index is 0.00753. The number of aromatic nitrogens is 1. The van der Waals surface area contributed by atoms with E-state index in [0.29, 0.717) is 28.9 Å².